The molecule has 0 N–H and O–H groups in total. The van der Waals surface area contributed by atoms with Crippen LogP contribution in [0.15, 0.2) is 36.5 Å². The second-order valence-electron chi connectivity index (χ2n) is 5.19. The van der Waals surface area contributed by atoms with Crippen molar-refractivity contribution < 1.29 is 19.1 Å². The highest BCUT2D eigenvalue weighted by Gasteiger charge is 2.04. The molecule has 0 rings (SSSR count). The van der Waals surface area contributed by atoms with Gasteiger partial charge in [0.15, 0.2) is 0 Å². The molecule has 0 saturated heterocycles. The molecule has 0 radical (unpaired) electrons. The summed E-state index contributed by atoms with van der Waals surface area (Å²) < 4.78 is 9.56. The van der Waals surface area contributed by atoms with Gasteiger partial charge in [0.05, 0.1) is 13.2 Å². The Hall–Kier alpha value is -1.88. The Bertz CT molecular complexity index is 414. The van der Waals surface area contributed by atoms with E-state index in [4.69, 9.17) is 4.74 Å². The summed E-state index contributed by atoms with van der Waals surface area (Å²) in [6.07, 6.45) is 0. The van der Waals surface area contributed by atoms with Crippen molar-refractivity contribution in [3.8, 4) is 0 Å². The molecule has 0 aromatic rings. The summed E-state index contributed by atoms with van der Waals surface area (Å²) in [6.45, 7) is 24.2. The smallest absolute Gasteiger partial charge is 0.333 e. The Morgan fingerprint density at radius 3 is 1.54 bits per heavy atom. The molecule has 1 amide bonds. The van der Waals surface area contributed by atoms with Gasteiger partial charge in [0.25, 0.3) is 0 Å². The zero-order valence-corrected chi connectivity index (χ0v) is 16.5. The third-order valence-electron chi connectivity index (χ3n) is 2.36. The van der Waals surface area contributed by atoms with Crippen LogP contribution in [0.5, 0.6) is 0 Å². The van der Waals surface area contributed by atoms with Crippen LogP contribution in [0.4, 0.5) is 0 Å². The predicted molar refractivity (Wildman–Crippen MR) is 101 cm³/mol. The maximum absolute atomic E-state index is 10.9. The van der Waals surface area contributed by atoms with E-state index in [0.29, 0.717) is 24.4 Å². The van der Waals surface area contributed by atoms with Crippen LogP contribution in [0.25, 0.3) is 0 Å². The molecule has 0 unspecified atom stereocenters. The van der Waals surface area contributed by atoms with Crippen molar-refractivity contribution in [2.75, 3.05) is 33.4 Å². The normalized spacial score (nSPS) is 8.62. The summed E-state index contributed by atoms with van der Waals surface area (Å²) in [4.78, 5) is 22.9. The molecular formula is C19H35NO4. The third-order valence-corrected chi connectivity index (χ3v) is 2.36. The molecule has 0 aliphatic carbocycles. The number of ether oxygens (including phenoxy) is 2. The summed E-state index contributed by atoms with van der Waals surface area (Å²) in [5, 5.41) is 0. The van der Waals surface area contributed by atoms with Crippen LogP contribution in [0.3, 0.4) is 0 Å². The van der Waals surface area contributed by atoms with Gasteiger partial charge in [-0.05, 0) is 41.5 Å². The second-order valence-corrected chi connectivity index (χ2v) is 5.19. The van der Waals surface area contributed by atoms with E-state index in [1.165, 1.54) is 0 Å². The Kier molecular flexibility index (Phi) is 19.7. The van der Waals surface area contributed by atoms with Crippen molar-refractivity contribution in [1.29, 1.82) is 0 Å². The van der Waals surface area contributed by atoms with Crippen LogP contribution in [0.2, 0.25) is 0 Å². The fraction of sp³-hybridized carbons (Fsp3) is 0.579. The number of likely N-dealkylation sites (N-methyl/N-ethyl adjacent to an activating group) is 1. The first-order chi connectivity index (χ1) is 11.0. The van der Waals surface area contributed by atoms with Gasteiger partial charge in [0.2, 0.25) is 5.91 Å². The molecule has 0 aromatic carbocycles. The highest BCUT2D eigenvalue weighted by molar-refractivity contribution is 5.91. The fourth-order valence-corrected chi connectivity index (χ4v) is 1.00. The second kappa shape index (κ2) is 17.5. The molecule has 5 heteroatoms. The average molecular weight is 341 g/mol. The largest absolute Gasteiger partial charge is 0.463 e. The summed E-state index contributed by atoms with van der Waals surface area (Å²) in [6, 6.07) is 0. The maximum Gasteiger partial charge on any atom is 0.333 e. The molecule has 0 heterocycles. The number of carbonyl (C=O) groups excluding carboxylic acids is 2. The summed E-state index contributed by atoms with van der Waals surface area (Å²) >= 11 is 0. The van der Waals surface area contributed by atoms with Crippen LogP contribution >= 0.6 is 0 Å². The van der Waals surface area contributed by atoms with E-state index in [2.05, 4.69) is 24.5 Å². The van der Waals surface area contributed by atoms with Gasteiger partial charge < -0.3 is 14.4 Å². The van der Waals surface area contributed by atoms with Crippen LogP contribution in [0.1, 0.15) is 41.5 Å². The average Bonchev–Trinajstić information content (AvgIpc) is 2.52. The highest BCUT2D eigenvalue weighted by atomic mass is 16.5. The van der Waals surface area contributed by atoms with E-state index < -0.39 is 0 Å². The topological polar surface area (TPSA) is 55.8 Å². The lowest BCUT2D eigenvalue weighted by atomic mass is 10.3. The van der Waals surface area contributed by atoms with Crippen LogP contribution in [-0.2, 0) is 19.1 Å². The zero-order chi connectivity index (χ0) is 19.7. The quantitative estimate of drug-likeness (QED) is 0.402. The summed E-state index contributed by atoms with van der Waals surface area (Å²) in [5.74, 6) is -0.287. The number of esters is 1. The molecule has 0 aliphatic rings. The lowest BCUT2D eigenvalue weighted by Gasteiger charge is -2.13. The molecular weight excluding hydrogens is 306 g/mol. The van der Waals surface area contributed by atoms with E-state index in [9.17, 15) is 9.59 Å². The van der Waals surface area contributed by atoms with Crippen LogP contribution in [0, 0.1) is 0 Å². The molecule has 24 heavy (non-hydrogen) atoms. The van der Waals surface area contributed by atoms with Gasteiger partial charge >= 0.3 is 5.97 Å². The lowest BCUT2D eigenvalue weighted by molar-refractivity contribution is -0.138. The zero-order valence-electron chi connectivity index (χ0n) is 16.5. The molecule has 0 saturated carbocycles. The summed E-state index contributed by atoms with van der Waals surface area (Å²) in [7, 11) is 1.76. The van der Waals surface area contributed by atoms with Gasteiger partial charge in [-0.3, -0.25) is 4.79 Å². The molecule has 0 aliphatic heterocycles. The Labute approximate surface area is 148 Å². The minimum absolute atomic E-state index is 0.0255. The predicted octanol–water partition coefficient (Wildman–Crippen LogP) is 3.77. The van der Waals surface area contributed by atoms with Gasteiger partial charge in [-0.15, -0.1) is 0 Å². The van der Waals surface area contributed by atoms with E-state index >= 15 is 0 Å². The SMILES string of the molecule is C=C(C)C(=O)N(C)CC.C=C(C)C(=O)OCC.C=C(C)COCC. The Morgan fingerprint density at radius 2 is 1.42 bits per heavy atom. The number of carbonyl (C=O) groups is 2. The van der Waals surface area contributed by atoms with Crippen molar-refractivity contribution in [2.24, 2.45) is 0 Å². The molecule has 0 bridgehead atoms. The minimum atomic E-state index is -0.312. The number of hydrogen-bond acceptors (Lipinski definition) is 4. The number of hydrogen-bond donors (Lipinski definition) is 0. The molecule has 0 aromatic heterocycles. The molecule has 0 atom stereocenters. The number of nitrogens with zero attached hydrogens (tertiary/aromatic N) is 1. The fourth-order valence-electron chi connectivity index (χ4n) is 1.00. The molecule has 140 valence electrons. The van der Waals surface area contributed by atoms with Crippen LogP contribution < -0.4 is 0 Å². The van der Waals surface area contributed by atoms with E-state index in [0.717, 1.165) is 18.7 Å². The highest BCUT2D eigenvalue weighted by Crippen LogP contribution is 1.93. The van der Waals surface area contributed by atoms with Crippen molar-refractivity contribution >= 4 is 11.9 Å². The lowest BCUT2D eigenvalue weighted by Crippen LogP contribution is -2.26. The Balaban J connectivity index is -0.000000278. The first-order valence-corrected chi connectivity index (χ1v) is 8.00. The van der Waals surface area contributed by atoms with E-state index in [1.807, 2.05) is 20.8 Å². The first kappa shape index (κ1) is 27.0. The van der Waals surface area contributed by atoms with Crippen molar-refractivity contribution in [2.45, 2.75) is 41.5 Å². The maximum atomic E-state index is 10.9. The Morgan fingerprint density at radius 1 is 0.917 bits per heavy atom. The molecule has 0 spiro atoms. The van der Waals surface area contributed by atoms with Gasteiger partial charge in [-0.2, -0.15) is 0 Å². The van der Waals surface area contributed by atoms with Gasteiger partial charge in [0.1, 0.15) is 0 Å². The first-order valence-electron chi connectivity index (χ1n) is 8.00. The van der Waals surface area contributed by atoms with Gasteiger partial charge in [-0.1, -0.05) is 25.3 Å². The van der Waals surface area contributed by atoms with Gasteiger partial charge in [0, 0.05) is 31.3 Å². The third kappa shape index (κ3) is 20.1. The monoisotopic (exact) mass is 341 g/mol. The van der Waals surface area contributed by atoms with E-state index in [-0.39, 0.29) is 11.9 Å². The van der Waals surface area contributed by atoms with Crippen molar-refractivity contribution in [1.82, 2.24) is 4.90 Å². The number of rotatable bonds is 7. The van der Waals surface area contributed by atoms with Crippen molar-refractivity contribution in [3.63, 3.8) is 0 Å². The summed E-state index contributed by atoms with van der Waals surface area (Å²) in [5.41, 5.74) is 2.13. The standard InChI is InChI=1S/C7H13NO.C6H10O2.C6H12O/c1-5-8(4)7(9)6(2)3;1-4-8-6(7)5(2)3;1-4-7-5-6(2)3/h2,5H2,1,3-4H3;2,4H2,1,3H3;2,4-5H2,1,3H3. The van der Waals surface area contributed by atoms with Crippen LogP contribution in [-0.4, -0.2) is 50.2 Å². The van der Waals surface area contributed by atoms with Gasteiger partial charge in [-0.25, -0.2) is 4.79 Å². The molecule has 5 nitrogen and oxygen atoms in total. The minimum Gasteiger partial charge on any atom is -0.463 e. The van der Waals surface area contributed by atoms with Crippen molar-refractivity contribution in [3.05, 3.63) is 36.5 Å². The van der Waals surface area contributed by atoms with E-state index in [1.54, 1.807) is 32.7 Å². The molecule has 0 fully saturated rings. The number of amides is 1.